The number of rotatable bonds is 4. The molecule has 33 heavy (non-hydrogen) atoms. The van der Waals surface area contributed by atoms with Crippen LogP contribution in [0.5, 0.6) is 0 Å². The van der Waals surface area contributed by atoms with Crippen molar-refractivity contribution in [1.82, 2.24) is 0 Å². The molecule has 0 aliphatic rings. The van der Waals surface area contributed by atoms with Crippen LogP contribution in [0, 0.1) is 0 Å². The molecule has 1 nitrogen and oxygen atoms in total. The highest BCUT2D eigenvalue weighted by atomic mass is 14.9. The molecule has 0 amide bonds. The highest BCUT2D eigenvalue weighted by Gasteiger charge is 2.03. The molecule has 0 saturated carbocycles. The van der Waals surface area contributed by atoms with Crippen LogP contribution in [-0.4, -0.2) is 0 Å². The van der Waals surface area contributed by atoms with E-state index in [2.05, 4.69) is 5.32 Å². The van der Waals surface area contributed by atoms with Crippen molar-refractivity contribution in [2.45, 2.75) is 0 Å². The number of hydrogen-bond donors (Lipinski definition) is 1. The second-order valence-electron chi connectivity index (χ2n) is 7.75. The van der Waals surface area contributed by atoms with Crippen molar-refractivity contribution in [2.24, 2.45) is 0 Å². The van der Waals surface area contributed by atoms with Crippen molar-refractivity contribution < 1.29 is 11.0 Å². The summed E-state index contributed by atoms with van der Waals surface area (Å²) in [5.74, 6) is 0. The van der Waals surface area contributed by atoms with E-state index in [4.69, 9.17) is 11.0 Å². The van der Waals surface area contributed by atoms with Gasteiger partial charge in [-0.05, 0) is 80.1 Å². The summed E-state index contributed by atoms with van der Waals surface area (Å²) in [4.78, 5) is 0. The van der Waals surface area contributed by atoms with Gasteiger partial charge >= 0.3 is 0 Å². The Morgan fingerprint density at radius 1 is 0.394 bits per heavy atom. The van der Waals surface area contributed by atoms with Crippen LogP contribution in [-0.2, 0) is 0 Å². The Morgan fingerprint density at radius 2 is 0.788 bits per heavy atom. The number of nitrogens with one attached hydrogen (secondary N) is 1. The molecule has 0 fully saturated rings. The van der Waals surface area contributed by atoms with Gasteiger partial charge in [-0.2, -0.15) is 0 Å². The lowest BCUT2D eigenvalue weighted by Crippen LogP contribution is -1.90. The summed E-state index contributed by atoms with van der Waals surface area (Å²) in [6.45, 7) is 0. The summed E-state index contributed by atoms with van der Waals surface area (Å²) in [6.07, 6.45) is 0. The van der Waals surface area contributed by atoms with Gasteiger partial charge < -0.3 is 5.32 Å². The summed E-state index contributed by atoms with van der Waals surface area (Å²) >= 11 is 0. The highest BCUT2D eigenvalue weighted by molar-refractivity contribution is 5.88. The zero-order valence-electron chi connectivity index (χ0n) is 25.6. The second kappa shape index (κ2) is 8.29. The molecule has 6 rings (SSSR count). The standard InChI is InChI=1S/C32H23N/c1-3-7-27-21-29(11-9-23(27)5-1)25-13-17-31(18-14-25)33-32-19-15-26(16-20-32)30-12-10-24-6-2-4-8-28(24)22-30/h1-22,33H/i13D,14D,15D,16D,17D,18D,19D,20D. The fourth-order valence-electron chi connectivity index (χ4n) is 3.85. The largest absolute Gasteiger partial charge is 0.356 e. The van der Waals surface area contributed by atoms with Crippen molar-refractivity contribution in [2.75, 3.05) is 5.32 Å². The molecule has 0 bridgehead atoms. The Balaban J connectivity index is 1.45. The van der Waals surface area contributed by atoms with Gasteiger partial charge in [0.15, 0.2) is 0 Å². The lowest BCUT2D eigenvalue weighted by molar-refractivity contribution is 1.54. The minimum absolute atomic E-state index is 0.141. The molecule has 1 N–H and O–H groups in total. The van der Waals surface area contributed by atoms with Crippen LogP contribution in [0.15, 0.2) is 133 Å². The average molecular weight is 430 g/mol. The number of anilines is 2. The maximum Gasteiger partial charge on any atom is 0.0645 e. The van der Waals surface area contributed by atoms with Gasteiger partial charge in [0.25, 0.3) is 0 Å². The normalized spacial score (nSPS) is 14.4. The second-order valence-corrected chi connectivity index (χ2v) is 7.75. The summed E-state index contributed by atoms with van der Waals surface area (Å²) < 4.78 is 69.4. The molecular formula is C32H23N. The van der Waals surface area contributed by atoms with Gasteiger partial charge in [-0.25, -0.2) is 0 Å². The lowest BCUT2D eigenvalue weighted by Gasteiger charge is -2.10. The molecule has 156 valence electrons. The third-order valence-electron chi connectivity index (χ3n) is 5.58. The maximum atomic E-state index is 8.69. The molecule has 0 atom stereocenters. The third kappa shape index (κ3) is 3.97. The van der Waals surface area contributed by atoms with Crippen LogP contribution in [0.2, 0.25) is 0 Å². The summed E-state index contributed by atoms with van der Waals surface area (Å²) in [7, 11) is 0. The van der Waals surface area contributed by atoms with Crippen molar-refractivity contribution in [1.29, 1.82) is 0 Å². The first-order valence-electron chi connectivity index (χ1n) is 14.6. The van der Waals surface area contributed by atoms with Crippen LogP contribution in [0.3, 0.4) is 0 Å². The van der Waals surface area contributed by atoms with Crippen LogP contribution in [0.25, 0.3) is 43.8 Å². The van der Waals surface area contributed by atoms with Crippen molar-refractivity contribution in [3.8, 4) is 22.3 Å². The van der Waals surface area contributed by atoms with Crippen molar-refractivity contribution in [3.63, 3.8) is 0 Å². The van der Waals surface area contributed by atoms with E-state index >= 15 is 0 Å². The van der Waals surface area contributed by atoms with E-state index < -0.39 is 0 Å². The Labute approximate surface area is 205 Å². The summed E-state index contributed by atoms with van der Waals surface area (Å²) in [6, 6.07) is 23.6. The summed E-state index contributed by atoms with van der Waals surface area (Å²) in [5.41, 5.74) is 0.921. The van der Waals surface area contributed by atoms with E-state index in [1.165, 1.54) is 0 Å². The Morgan fingerprint density at radius 3 is 1.21 bits per heavy atom. The van der Waals surface area contributed by atoms with Gasteiger partial charge in [-0.1, -0.05) is 97.0 Å². The molecule has 1 heteroatoms. The maximum absolute atomic E-state index is 8.69. The Hall–Kier alpha value is -4.36. The van der Waals surface area contributed by atoms with Gasteiger partial charge in [-0.3, -0.25) is 0 Å². The fourth-order valence-corrected chi connectivity index (χ4v) is 3.85. The topological polar surface area (TPSA) is 12.0 Å². The van der Waals surface area contributed by atoms with Crippen LogP contribution >= 0.6 is 0 Å². The first-order valence-corrected chi connectivity index (χ1v) is 10.6. The van der Waals surface area contributed by atoms with Crippen LogP contribution in [0.4, 0.5) is 11.4 Å². The molecule has 6 aromatic carbocycles. The molecule has 0 aliphatic heterocycles. The van der Waals surface area contributed by atoms with Crippen molar-refractivity contribution in [3.05, 3.63) is 133 Å². The first-order chi connectivity index (χ1) is 19.7. The minimum atomic E-state index is -0.371. The molecule has 6 aromatic rings. The summed E-state index contributed by atoms with van der Waals surface area (Å²) in [5, 5.41) is 6.50. The highest BCUT2D eigenvalue weighted by Crippen LogP contribution is 2.28. The lowest BCUT2D eigenvalue weighted by atomic mass is 10.0. The molecule has 0 saturated heterocycles. The van der Waals surface area contributed by atoms with Gasteiger partial charge in [0.2, 0.25) is 0 Å². The average Bonchev–Trinajstić information content (AvgIpc) is 2.99. The molecule has 0 spiro atoms. The predicted molar refractivity (Wildman–Crippen MR) is 142 cm³/mol. The van der Waals surface area contributed by atoms with Gasteiger partial charge in [-0.15, -0.1) is 0 Å². The van der Waals surface area contributed by atoms with E-state index in [1.807, 2.05) is 72.8 Å². The monoisotopic (exact) mass is 429 g/mol. The van der Waals surface area contributed by atoms with Crippen molar-refractivity contribution >= 4 is 32.9 Å². The number of benzene rings is 6. The van der Waals surface area contributed by atoms with E-state index in [1.54, 1.807) is 12.1 Å². The van der Waals surface area contributed by atoms with Gasteiger partial charge in [0.05, 0.1) is 11.0 Å². The van der Waals surface area contributed by atoms with Gasteiger partial charge in [0, 0.05) is 11.4 Å². The minimum Gasteiger partial charge on any atom is -0.356 e. The van der Waals surface area contributed by atoms with Gasteiger partial charge in [0.1, 0.15) is 0 Å². The van der Waals surface area contributed by atoms with E-state index in [0.717, 1.165) is 21.5 Å². The molecule has 0 aliphatic carbocycles. The Bertz CT molecular complexity index is 1820. The van der Waals surface area contributed by atoms with E-state index in [9.17, 15) is 0 Å². The smallest absolute Gasteiger partial charge is 0.0645 e. The quantitative estimate of drug-likeness (QED) is 0.295. The van der Waals surface area contributed by atoms with E-state index in [0.29, 0.717) is 11.1 Å². The van der Waals surface area contributed by atoms with Crippen LogP contribution in [0.1, 0.15) is 11.0 Å². The fraction of sp³-hybridized carbons (Fsp3) is 0. The zero-order chi connectivity index (χ0) is 29.0. The van der Waals surface area contributed by atoms with E-state index in [-0.39, 0.29) is 70.8 Å². The molecule has 0 radical (unpaired) electrons. The molecular weight excluding hydrogens is 398 g/mol. The van der Waals surface area contributed by atoms with Crippen LogP contribution < -0.4 is 5.32 Å². The number of hydrogen-bond acceptors (Lipinski definition) is 1. The Kier molecular flexibility index (Phi) is 3.17. The SMILES string of the molecule is [2H]c1c([2H])c(-c2ccc3ccccc3c2)c([2H])c([2H])c1Nc1c([2H])c([2H])c(-c2ccc3ccccc3c2)c([2H])c1[2H]. The zero-order valence-corrected chi connectivity index (χ0v) is 17.6. The number of fused-ring (bicyclic) bond motifs is 2. The molecule has 0 heterocycles. The predicted octanol–water partition coefficient (Wildman–Crippen LogP) is 9.07. The molecule has 0 aromatic heterocycles. The third-order valence-corrected chi connectivity index (χ3v) is 5.58. The molecule has 0 unspecified atom stereocenters. The first kappa shape index (κ1) is 12.6.